The minimum absolute atomic E-state index is 0.974. The van der Waals surface area contributed by atoms with Crippen molar-refractivity contribution in [3.05, 3.63) is 47.7 Å². The first-order valence-electron chi connectivity index (χ1n) is 5.37. The van der Waals surface area contributed by atoms with Crippen LogP contribution in [-0.4, -0.2) is 4.57 Å². The van der Waals surface area contributed by atoms with Crippen LogP contribution in [0.3, 0.4) is 0 Å². The van der Waals surface area contributed by atoms with Gasteiger partial charge in [-0.15, -0.1) is 0 Å². The molecule has 2 aromatic rings. The second-order valence-electron chi connectivity index (χ2n) is 4.24. The highest BCUT2D eigenvalue weighted by Gasteiger charge is 2.02. The topological polar surface area (TPSA) is 4.93 Å². The molecule has 1 heteroatoms. The maximum absolute atomic E-state index is 2.35. The van der Waals surface area contributed by atoms with Gasteiger partial charge in [-0.2, -0.15) is 0 Å². The second-order valence-corrected chi connectivity index (χ2v) is 4.24. The van der Waals surface area contributed by atoms with E-state index >= 15 is 0 Å². The molecule has 0 saturated carbocycles. The molecule has 78 valence electrons. The van der Waals surface area contributed by atoms with Crippen molar-refractivity contribution >= 4 is 10.9 Å². The Morgan fingerprint density at radius 3 is 2.73 bits per heavy atom. The van der Waals surface area contributed by atoms with Crippen LogP contribution in [0, 0.1) is 6.92 Å². The second kappa shape index (κ2) is 3.93. The smallest absolute Gasteiger partial charge is 0.0485 e. The van der Waals surface area contributed by atoms with Gasteiger partial charge in [-0.3, -0.25) is 0 Å². The van der Waals surface area contributed by atoms with Gasteiger partial charge in [0.05, 0.1) is 0 Å². The van der Waals surface area contributed by atoms with Crippen molar-refractivity contribution in [3.63, 3.8) is 0 Å². The highest BCUT2D eigenvalue weighted by atomic mass is 15.0. The molecular weight excluding hydrogens is 182 g/mol. The third kappa shape index (κ3) is 1.96. The van der Waals surface area contributed by atoms with Gasteiger partial charge in [-0.25, -0.2) is 0 Å². The third-order valence-electron chi connectivity index (χ3n) is 2.70. The van der Waals surface area contributed by atoms with Crippen molar-refractivity contribution in [3.8, 4) is 0 Å². The molecule has 0 amide bonds. The zero-order valence-corrected chi connectivity index (χ0v) is 9.62. The summed E-state index contributed by atoms with van der Waals surface area (Å²) in [5.41, 5.74) is 4.02. The molecule has 0 fully saturated rings. The molecule has 0 aliphatic rings. The van der Waals surface area contributed by atoms with E-state index in [-0.39, 0.29) is 0 Å². The Morgan fingerprint density at radius 2 is 2.00 bits per heavy atom. The maximum Gasteiger partial charge on any atom is 0.0485 e. The molecule has 0 atom stereocenters. The minimum Gasteiger partial charge on any atom is -0.341 e. The van der Waals surface area contributed by atoms with Crippen LogP contribution >= 0.6 is 0 Å². The normalized spacial score (nSPS) is 10.6. The average Bonchev–Trinajstić information content (AvgIpc) is 2.50. The monoisotopic (exact) mass is 199 g/mol. The molecule has 0 N–H and O–H groups in total. The Kier molecular flexibility index (Phi) is 2.63. The number of benzene rings is 1. The molecule has 15 heavy (non-hydrogen) atoms. The largest absolute Gasteiger partial charge is 0.341 e. The Bertz CT molecular complexity index is 499. The van der Waals surface area contributed by atoms with E-state index in [9.17, 15) is 0 Å². The van der Waals surface area contributed by atoms with Crippen LogP contribution in [0.5, 0.6) is 0 Å². The molecular formula is C14H17N. The molecule has 0 radical (unpaired) electrons. The van der Waals surface area contributed by atoms with Crippen molar-refractivity contribution in [1.29, 1.82) is 0 Å². The fraction of sp³-hybridized carbons (Fsp3) is 0.286. The van der Waals surface area contributed by atoms with Crippen LogP contribution in [0.15, 0.2) is 42.0 Å². The van der Waals surface area contributed by atoms with Gasteiger partial charge in [0.25, 0.3) is 0 Å². The number of rotatable bonds is 2. The van der Waals surface area contributed by atoms with E-state index in [4.69, 9.17) is 0 Å². The first kappa shape index (κ1) is 10.0. The van der Waals surface area contributed by atoms with Crippen LogP contribution < -0.4 is 0 Å². The van der Waals surface area contributed by atoms with Crippen LogP contribution in [0.1, 0.15) is 19.5 Å². The summed E-state index contributed by atoms with van der Waals surface area (Å²) in [6.45, 7) is 7.42. The number of para-hydroxylation sites is 1. The molecule has 1 nitrogen and oxygen atoms in total. The summed E-state index contributed by atoms with van der Waals surface area (Å²) in [6, 6.07) is 10.8. The molecule has 1 aromatic carbocycles. The van der Waals surface area contributed by atoms with E-state index in [1.807, 2.05) is 0 Å². The van der Waals surface area contributed by atoms with Gasteiger partial charge < -0.3 is 4.57 Å². The molecule has 0 unspecified atom stereocenters. The Labute approximate surface area is 91.0 Å². The number of fused-ring (bicyclic) bond motifs is 1. The maximum atomic E-state index is 2.35. The van der Waals surface area contributed by atoms with Crippen molar-refractivity contribution in [2.45, 2.75) is 27.3 Å². The standard InChI is InChI=1S/C14H17N/c1-11(2)8-9-15-12(3)10-13-6-4-5-7-14(13)15/h4-8,10H,9H2,1-3H3. The van der Waals surface area contributed by atoms with Gasteiger partial charge in [-0.05, 0) is 38.3 Å². The van der Waals surface area contributed by atoms with Crippen LogP contribution in [0.2, 0.25) is 0 Å². The summed E-state index contributed by atoms with van der Waals surface area (Å²) in [6.07, 6.45) is 2.26. The fourth-order valence-electron chi connectivity index (χ4n) is 1.86. The summed E-state index contributed by atoms with van der Waals surface area (Å²) < 4.78 is 2.35. The number of hydrogen-bond acceptors (Lipinski definition) is 0. The quantitative estimate of drug-likeness (QED) is 0.646. The number of nitrogens with zero attached hydrogens (tertiary/aromatic N) is 1. The van der Waals surface area contributed by atoms with Gasteiger partial charge in [-0.1, -0.05) is 29.8 Å². The SMILES string of the molecule is CC(C)=CCn1c(C)cc2ccccc21. The van der Waals surface area contributed by atoms with Gasteiger partial charge in [0.15, 0.2) is 0 Å². The lowest BCUT2D eigenvalue weighted by molar-refractivity contribution is 0.822. The summed E-state index contributed by atoms with van der Waals surface area (Å²) in [5, 5.41) is 1.33. The number of aryl methyl sites for hydroxylation is 1. The third-order valence-corrected chi connectivity index (χ3v) is 2.70. The summed E-state index contributed by atoms with van der Waals surface area (Å²) in [4.78, 5) is 0. The van der Waals surface area contributed by atoms with E-state index in [1.54, 1.807) is 0 Å². The lowest BCUT2D eigenvalue weighted by Crippen LogP contribution is -1.97. The molecule has 0 spiro atoms. The van der Waals surface area contributed by atoms with Gasteiger partial charge >= 0.3 is 0 Å². The van der Waals surface area contributed by atoms with Crippen LogP contribution in [-0.2, 0) is 6.54 Å². The van der Waals surface area contributed by atoms with E-state index in [2.05, 4.69) is 61.7 Å². The lowest BCUT2D eigenvalue weighted by atomic mass is 10.2. The lowest BCUT2D eigenvalue weighted by Gasteiger charge is -2.04. The molecule has 1 aromatic heterocycles. The Morgan fingerprint density at radius 1 is 1.27 bits per heavy atom. The zero-order chi connectivity index (χ0) is 10.8. The first-order valence-corrected chi connectivity index (χ1v) is 5.37. The zero-order valence-electron chi connectivity index (χ0n) is 9.62. The molecule has 0 bridgehead atoms. The van der Waals surface area contributed by atoms with Crippen LogP contribution in [0.25, 0.3) is 10.9 Å². The molecule has 0 aliphatic carbocycles. The minimum atomic E-state index is 0.974. The van der Waals surface area contributed by atoms with Gasteiger partial charge in [0.1, 0.15) is 0 Å². The van der Waals surface area contributed by atoms with E-state index in [0.29, 0.717) is 0 Å². The number of allylic oxidation sites excluding steroid dienone is 2. The first-order chi connectivity index (χ1) is 7.18. The Balaban J connectivity index is 2.49. The van der Waals surface area contributed by atoms with E-state index < -0.39 is 0 Å². The summed E-state index contributed by atoms with van der Waals surface area (Å²) in [7, 11) is 0. The van der Waals surface area contributed by atoms with Crippen LogP contribution in [0.4, 0.5) is 0 Å². The predicted molar refractivity (Wildman–Crippen MR) is 66.1 cm³/mol. The number of aromatic nitrogens is 1. The van der Waals surface area contributed by atoms with Crippen molar-refractivity contribution in [2.24, 2.45) is 0 Å². The Hall–Kier alpha value is -1.50. The molecule has 0 aliphatic heterocycles. The summed E-state index contributed by atoms with van der Waals surface area (Å²) in [5.74, 6) is 0. The van der Waals surface area contributed by atoms with Gasteiger partial charge in [0.2, 0.25) is 0 Å². The van der Waals surface area contributed by atoms with Crippen molar-refractivity contribution < 1.29 is 0 Å². The summed E-state index contributed by atoms with van der Waals surface area (Å²) >= 11 is 0. The van der Waals surface area contributed by atoms with E-state index in [0.717, 1.165) is 6.54 Å². The molecule has 1 heterocycles. The molecule has 2 rings (SSSR count). The highest BCUT2D eigenvalue weighted by molar-refractivity contribution is 5.81. The van der Waals surface area contributed by atoms with Gasteiger partial charge in [0, 0.05) is 17.8 Å². The van der Waals surface area contributed by atoms with Crippen molar-refractivity contribution in [2.75, 3.05) is 0 Å². The van der Waals surface area contributed by atoms with E-state index in [1.165, 1.54) is 22.2 Å². The fourth-order valence-corrected chi connectivity index (χ4v) is 1.86. The highest BCUT2D eigenvalue weighted by Crippen LogP contribution is 2.19. The predicted octanol–water partition coefficient (Wildman–Crippen LogP) is 3.92. The molecule has 0 saturated heterocycles. The van der Waals surface area contributed by atoms with Crippen molar-refractivity contribution in [1.82, 2.24) is 4.57 Å². The average molecular weight is 199 g/mol. The number of hydrogen-bond donors (Lipinski definition) is 0.